The van der Waals surface area contributed by atoms with Gasteiger partial charge in [0.05, 0.1) is 5.69 Å². The van der Waals surface area contributed by atoms with Gasteiger partial charge in [0.15, 0.2) is 5.82 Å². The van der Waals surface area contributed by atoms with E-state index in [1.165, 1.54) is 5.56 Å². The van der Waals surface area contributed by atoms with E-state index in [0.29, 0.717) is 6.04 Å². The first-order chi connectivity index (χ1) is 9.56. The molecular weight excluding hydrogens is 248 g/mol. The van der Waals surface area contributed by atoms with E-state index >= 15 is 0 Å². The summed E-state index contributed by atoms with van der Waals surface area (Å²) >= 11 is 0. The second-order valence-electron chi connectivity index (χ2n) is 5.31. The average Bonchev–Trinajstić information content (AvgIpc) is 2.46. The maximum atomic E-state index is 4.29. The van der Waals surface area contributed by atoms with Gasteiger partial charge in [0, 0.05) is 25.3 Å². The van der Waals surface area contributed by atoms with Crippen molar-refractivity contribution in [3.8, 4) is 0 Å². The summed E-state index contributed by atoms with van der Waals surface area (Å²) in [7, 11) is 2.00. The molecule has 1 aromatic heterocycles. The second-order valence-corrected chi connectivity index (χ2v) is 5.31. The van der Waals surface area contributed by atoms with Gasteiger partial charge in [-0.1, -0.05) is 31.5 Å². The molecule has 0 fully saturated rings. The van der Waals surface area contributed by atoms with E-state index in [0.717, 1.165) is 23.7 Å². The zero-order valence-electron chi connectivity index (χ0n) is 12.6. The van der Waals surface area contributed by atoms with Crippen molar-refractivity contribution >= 4 is 11.5 Å². The Kier molecular flexibility index (Phi) is 4.69. The molecule has 0 amide bonds. The van der Waals surface area contributed by atoms with Crippen molar-refractivity contribution in [3.05, 3.63) is 47.7 Å². The van der Waals surface area contributed by atoms with Crippen LogP contribution in [-0.4, -0.2) is 23.3 Å². The summed E-state index contributed by atoms with van der Waals surface area (Å²) in [6, 6.07) is 12.8. The Morgan fingerprint density at radius 3 is 2.30 bits per heavy atom. The maximum absolute atomic E-state index is 4.29. The average molecular weight is 270 g/mol. The van der Waals surface area contributed by atoms with Gasteiger partial charge in [-0.3, -0.25) is 0 Å². The monoisotopic (exact) mass is 270 g/mol. The van der Waals surface area contributed by atoms with Crippen molar-refractivity contribution in [2.45, 2.75) is 33.4 Å². The Bertz CT molecular complexity index is 531. The third-order valence-electron chi connectivity index (χ3n) is 3.16. The lowest BCUT2D eigenvalue weighted by Gasteiger charge is -2.18. The molecule has 0 aliphatic rings. The molecule has 0 aliphatic carbocycles. The smallest absolute Gasteiger partial charge is 0.155 e. The Labute approximate surface area is 120 Å². The molecule has 0 bridgehead atoms. The Morgan fingerprint density at radius 1 is 1.05 bits per heavy atom. The largest absolute Gasteiger partial charge is 0.328 e. The van der Waals surface area contributed by atoms with Crippen molar-refractivity contribution < 1.29 is 0 Å². The van der Waals surface area contributed by atoms with Crippen molar-refractivity contribution in [1.82, 2.24) is 15.5 Å². The van der Waals surface area contributed by atoms with Crippen LogP contribution in [-0.2, 0) is 6.54 Å². The van der Waals surface area contributed by atoms with Crippen LogP contribution < -0.4 is 10.2 Å². The van der Waals surface area contributed by atoms with E-state index in [4.69, 9.17) is 0 Å². The van der Waals surface area contributed by atoms with Crippen LogP contribution in [0.25, 0.3) is 0 Å². The molecule has 4 heteroatoms. The summed E-state index contributed by atoms with van der Waals surface area (Å²) in [5.41, 5.74) is 3.32. The number of aryl methyl sites for hydroxylation is 1. The molecule has 0 unspecified atom stereocenters. The lowest BCUT2D eigenvalue weighted by molar-refractivity contribution is 0.577. The molecule has 0 saturated heterocycles. The van der Waals surface area contributed by atoms with Crippen LogP contribution >= 0.6 is 0 Å². The highest BCUT2D eigenvalue weighted by Crippen LogP contribution is 2.21. The lowest BCUT2D eigenvalue weighted by Crippen LogP contribution is -2.22. The highest BCUT2D eigenvalue weighted by Gasteiger charge is 2.06. The van der Waals surface area contributed by atoms with Crippen molar-refractivity contribution in [3.63, 3.8) is 0 Å². The SMILES string of the molecule is Cc1ccc(N(C)c2ccc(CNC(C)C)nn2)cc1. The quantitative estimate of drug-likeness (QED) is 0.906. The highest BCUT2D eigenvalue weighted by atomic mass is 15.2. The summed E-state index contributed by atoms with van der Waals surface area (Å²) in [6.45, 7) is 7.07. The standard InChI is InChI=1S/C16H22N4/c1-12(2)17-11-14-7-10-16(19-18-14)20(4)15-8-5-13(3)6-9-15/h5-10,12,17H,11H2,1-4H3. The summed E-state index contributed by atoms with van der Waals surface area (Å²) < 4.78 is 0. The highest BCUT2D eigenvalue weighted by molar-refractivity contribution is 5.58. The zero-order valence-corrected chi connectivity index (χ0v) is 12.6. The van der Waals surface area contributed by atoms with Crippen molar-refractivity contribution in [2.75, 3.05) is 11.9 Å². The Hall–Kier alpha value is -1.94. The molecule has 0 saturated carbocycles. The molecule has 0 spiro atoms. The molecule has 2 rings (SSSR count). The minimum Gasteiger partial charge on any atom is -0.328 e. The van der Waals surface area contributed by atoms with Gasteiger partial charge in [-0.15, -0.1) is 5.10 Å². The number of hydrogen-bond acceptors (Lipinski definition) is 4. The normalized spacial score (nSPS) is 10.8. The van der Waals surface area contributed by atoms with Crippen LogP contribution in [0.2, 0.25) is 0 Å². The third-order valence-corrected chi connectivity index (χ3v) is 3.16. The van der Waals surface area contributed by atoms with Gasteiger partial charge in [0.1, 0.15) is 0 Å². The van der Waals surface area contributed by atoms with Crippen LogP contribution in [0.3, 0.4) is 0 Å². The molecule has 0 atom stereocenters. The van der Waals surface area contributed by atoms with Crippen LogP contribution in [0.1, 0.15) is 25.1 Å². The second kappa shape index (κ2) is 6.48. The van der Waals surface area contributed by atoms with Gasteiger partial charge in [-0.2, -0.15) is 5.10 Å². The molecule has 106 valence electrons. The molecule has 1 aromatic carbocycles. The summed E-state index contributed by atoms with van der Waals surface area (Å²) in [5, 5.41) is 11.9. The van der Waals surface area contributed by atoms with Gasteiger partial charge in [0.2, 0.25) is 0 Å². The summed E-state index contributed by atoms with van der Waals surface area (Å²) in [6.07, 6.45) is 0. The number of nitrogens with zero attached hydrogens (tertiary/aromatic N) is 3. The zero-order chi connectivity index (χ0) is 14.5. The number of benzene rings is 1. The topological polar surface area (TPSA) is 41.0 Å². The fourth-order valence-corrected chi connectivity index (χ4v) is 1.84. The van der Waals surface area contributed by atoms with E-state index in [-0.39, 0.29) is 0 Å². The van der Waals surface area contributed by atoms with E-state index in [1.54, 1.807) is 0 Å². The molecule has 2 aromatic rings. The van der Waals surface area contributed by atoms with E-state index < -0.39 is 0 Å². The molecule has 0 aliphatic heterocycles. The molecule has 0 radical (unpaired) electrons. The fourth-order valence-electron chi connectivity index (χ4n) is 1.84. The maximum Gasteiger partial charge on any atom is 0.155 e. The fraction of sp³-hybridized carbons (Fsp3) is 0.375. The Morgan fingerprint density at radius 2 is 1.75 bits per heavy atom. The van der Waals surface area contributed by atoms with Gasteiger partial charge < -0.3 is 10.2 Å². The first kappa shape index (κ1) is 14.5. The van der Waals surface area contributed by atoms with Crippen molar-refractivity contribution in [1.29, 1.82) is 0 Å². The molecule has 1 N–H and O–H groups in total. The predicted molar refractivity (Wildman–Crippen MR) is 83.2 cm³/mol. The molecule has 1 heterocycles. The lowest BCUT2D eigenvalue weighted by atomic mass is 10.2. The van der Waals surface area contributed by atoms with Crippen LogP contribution in [0, 0.1) is 6.92 Å². The number of hydrogen-bond donors (Lipinski definition) is 1. The van der Waals surface area contributed by atoms with Gasteiger partial charge >= 0.3 is 0 Å². The third kappa shape index (κ3) is 3.78. The number of aromatic nitrogens is 2. The van der Waals surface area contributed by atoms with E-state index in [1.807, 2.05) is 24.1 Å². The molecule has 20 heavy (non-hydrogen) atoms. The van der Waals surface area contributed by atoms with Gasteiger partial charge in [-0.05, 0) is 31.2 Å². The number of rotatable bonds is 5. The van der Waals surface area contributed by atoms with Crippen LogP contribution in [0.15, 0.2) is 36.4 Å². The minimum absolute atomic E-state index is 0.451. The first-order valence-electron chi connectivity index (χ1n) is 6.92. The first-order valence-corrected chi connectivity index (χ1v) is 6.92. The van der Waals surface area contributed by atoms with Gasteiger partial charge in [-0.25, -0.2) is 0 Å². The summed E-state index contributed by atoms with van der Waals surface area (Å²) in [5.74, 6) is 0.849. The molecule has 4 nitrogen and oxygen atoms in total. The van der Waals surface area contributed by atoms with E-state index in [9.17, 15) is 0 Å². The minimum atomic E-state index is 0.451. The Balaban J connectivity index is 2.07. The van der Waals surface area contributed by atoms with E-state index in [2.05, 4.69) is 60.6 Å². The van der Waals surface area contributed by atoms with Crippen LogP contribution in [0.5, 0.6) is 0 Å². The van der Waals surface area contributed by atoms with Gasteiger partial charge in [0.25, 0.3) is 0 Å². The number of nitrogens with one attached hydrogen (secondary N) is 1. The molecular formula is C16H22N4. The van der Waals surface area contributed by atoms with Crippen molar-refractivity contribution in [2.24, 2.45) is 0 Å². The predicted octanol–water partition coefficient (Wildman–Crippen LogP) is 3.05. The number of anilines is 2. The summed E-state index contributed by atoms with van der Waals surface area (Å²) in [4.78, 5) is 2.03. The van der Waals surface area contributed by atoms with Crippen LogP contribution in [0.4, 0.5) is 11.5 Å².